The standard InChI is InChI=1S/C31H38N6O.C2H6/c1-4-22(3)24-8-10-25(11-9-24)28-7-6-18-37-29(28)34-31(35-37)33-27-14-12-26(13-15-27)30(38)32-21-23-16-19-36(5-2)20-17-23;1-2/h6-15,18,22-23H,4-5,16-17,19-21H2,1-3H3,(H,32,38)(H,33,35);1-2H3. The number of rotatable bonds is 9. The second-order valence-electron chi connectivity index (χ2n) is 10.3. The van der Waals surface area contributed by atoms with Gasteiger partial charge >= 0.3 is 0 Å². The Hall–Kier alpha value is -3.71. The summed E-state index contributed by atoms with van der Waals surface area (Å²) in [5, 5.41) is 11.0. The van der Waals surface area contributed by atoms with Gasteiger partial charge in [-0.3, -0.25) is 4.79 Å². The number of nitrogens with one attached hydrogen (secondary N) is 2. The van der Waals surface area contributed by atoms with Gasteiger partial charge in [0.2, 0.25) is 5.95 Å². The van der Waals surface area contributed by atoms with Gasteiger partial charge in [-0.1, -0.05) is 58.9 Å². The van der Waals surface area contributed by atoms with Crippen LogP contribution >= 0.6 is 0 Å². The van der Waals surface area contributed by atoms with Crippen molar-refractivity contribution >= 4 is 23.2 Å². The van der Waals surface area contributed by atoms with Crippen LogP contribution in [0.1, 0.15) is 75.7 Å². The van der Waals surface area contributed by atoms with Crippen molar-refractivity contribution in [3.05, 3.63) is 78.0 Å². The first-order valence-corrected chi connectivity index (χ1v) is 14.9. The summed E-state index contributed by atoms with van der Waals surface area (Å²) in [4.78, 5) is 19.9. The first kappa shape index (κ1) is 29.3. The normalized spacial score (nSPS) is 14.8. The molecule has 5 rings (SSSR count). The maximum Gasteiger partial charge on any atom is 0.251 e. The van der Waals surface area contributed by atoms with Crippen LogP contribution in [0.4, 0.5) is 11.6 Å². The van der Waals surface area contributed by atoms with E-state index in [9.17, 15) is 4.79 Å². The fourth-order valence-corrected chi connectivity index (χ4v) is 5.09. The molecule has 4 aromatic rings. The largest absolute Gasteiger partial charge is 0.352 e. The molecule has 1 aliphatic heterocycles. The fourth-order valence-electron chi connectivity index (χ4n) is 5.09. The molecule has 0 spiro atoms. The Morgan fingerprint density at radius 3 is 2.35 bits per heavy atom. The van der Waals surface area contributed by atoms with Gasteiger partial charge in [-0.15, -0.1) is 5.10 Å². The number of piperidine rings is 1. The van der Waals surface area contributed by atoms with Crippen molar-refractivity contribution in [2.24, 2.45) is 5.92 Å². The summed E-state index contributed by atoms with van der Waals surface area (Å²) in [7, 11) is 0. The van der Waals surface area contributed by atoms with Crippen molar-refractivity contribution in [2.75, 3.05) is 31.5 Å². The molecule has 7 heteroatoms. The van der Waals surface area contributed by atoms with E-state index in [2.05, 4.69) is 71.7 Å². The van der Waals surface area contributed by atoms with Crippen LogP contribution in [0.3, 0.4) is 0 Å². The average Bonchev–Trinajstić information content (AvgIpc) is 3.43. The highest BCUT2D eigenvalue weighted by Gasteiger charge is 2.19. The molecule has 1 fully saturated rings. The minimum absolute atomic E-state index is 0.0238. The Morgan fingerprint density at radius 2 is 1.70 bits per heavy atom. The second kappa shape index (κ2) is 14.1. The number of anilines is 2. The maximum atomic E-state index is 12.7. The van der Waals surface area contributed by atoms with Crippen molar-refractivity contribution in [2.45, 2.75) is 59.8 Å². The number of carbonyl (C=O) groups is 1. The number of nitrogens with zero attached hydrogens (tertiary/aromatic N) is 4. The summed E-state index contributed by atoms with van der Waals surface area (Å²) < 4.78 is 1.80. The average molecular weight is 541 g/mol. The van der Waals surface area contributed by atoms with Gasteiger partial charge in [0.25, 0.3) is 5.91 Å². The van der Waals surface area contributed by atoms with Crippen molar-refractivity contribution in [3.8, 4) is 11.1 Å². The molecule has 1 unspecified atom stereocenters. The molecular weight excluding hydrogens is 496 g/mol. The predicted molar refractivity (Wildman–Crippen MR) is 165 cm³/mol. The van der Waals surface area contributed by atoms with Gasteiger partial charge in [0.15, 0.2) is 5.65 Å². The third kappa shape index (κ3) is 7.07. The van der Waals surface area contributed by atoms with E-state index in [0.717, 1.165) is 67.9 Å². The predicted octanol–water partition coefficient (Wildman–Crippen LogP) is 7.14. The van der Waals surface area contributed by atoms with Crippen molar-refractivity contribution < 1.29 is 4.79 Å². The van der Waals surface area contributed by atoms with Crippen LogP contribution in [0.25, 0.3) is 16.8 Å². The van der Waals surface area contributed by atoms with Crippen LogP contribution in [0.2, 0.25) is 0 Å². The summed E-state index contributed by atoms with van der Waals surface area (Å²) in [6, 6.07) is 20.3. The fraction of sp³-hybridized carbons (Fsp3) is 0.424. The quantitative estimate of drug-likeness (QED) is 0.236. The zero-order chi connectivity index (χ0) is 28.5. The zero-order valence-electron chi connectivity index (χ0n) is 24.7. The summed E-state index contributed by atoms with van der Waals surface area (Å²) in [6.45, 7) is 14.8. The summed E-state index contributed by atoms with van der Waals surface area (Å²) in [6.07, 6.45) is 5.32. The highest BCUT2D eigenvalue weighted by Crippen LogP contribution is 2.27. The molecule has 2 N–H and O–H groups in total. The number of fused-ring (bicyclic) bond motifs is 1. The number of pyridine rings is 1. The minimum Gasteiger partial charge on any atom is -0.352 e. The van der Waals surface area contributed by atoms with Gasteiger partial charge in [-0.25, -0.2) is 4.52 Å². The van der Waals surface area contributed by atoms with Gasteiger partial charge in [-0.05, 0) is 98.3 Å². The SMILES string of the molecule is CC.CCC(C)c1ccc(-c2cccn3nc(Nc4ccc(C(=O)NCC5CCN(CC)CC5)cc4)nc23)cc1. The van der Waals surface area contributed by atoms with Crippen LogP contribution in [0, 0.1) is 5.92 Å². The Bertz CT molecular complexity index is 1350. The lowest BCUT2D eigenvalue weighted by Gasteiger charge is -2.31. The van der Waals surface area contributed by atoms with E-state index in [-0.39, 0.29) is 5.91 Å². The molecule has 1 atom stereocenters. The Kier molecular flexibility index (Phi) is 10.3. The second-order valence-corrected chi connectivity index (χ2v) is 10.3. The van der Waals surface area contributed by atoms with Crippen LogP contribution in [0.5, 0.6) is 0 Å². The zero-order valence-corrected chi connectivity index (χ0v) is 24.7. The smallest absolute Gasteiger partial charge is 0.251 e. The highest BCUT2D eigenvalue weighted by atomic mass is 16.1. The van der Waals surface area contributed by atoms with Crippen LogP contribution < -0.4 is 10.6 Å². The summed E-state index contributed by atoms with van der Waals surface area (Å²) >= 11 is 0. The molecule has 0 radical (unpaired) electrons. The minimum atomic E-state index is -0.0238. The molecule has 3 heterocycles. The molecule has 2 aromatic carbocycles. The Labute approximate surface area is 239 Å². The third-order valence-electron chi connectivity index (χ3n) is 7.87. The van der Waals surface area contributed by atoms with Crippen molar-refractivity contribution in [1.82, 2.24) is 24.8 Å². The number of benzene rings is 2. The van der Waals surface area contributed by atoms with E-state index >= 15 is 0 Å². The van der Waals surface area contributed by atoms with E-state index in [1.165, 1.54) is 5.56 Å². The van der Waals surface area contributed by atoms with Gasteiger partial charge in [-0.2, -0.15) is 4.98 Å². The molecule has 1 saturated heterocycles. The molecular formula is C33H44N6O. The van der Waals surface area contributed by atoms with Crippen molar-refractivity contribution in [1.29, 1.82) is 0 Å². The Morgan fingerprint density at radius 1 is 1.00 bits per heavy atom. The lowest BCUT2D eigenvalue weighted by atomic mass is 9.96. The van der Waals surface area contributed by atoms with Gasteiger partial charge in [0.05, 0.1) is 0 Å². The lowest BCUT2D eigenvalue weighted by Crippen LogP contribution is -2.38. The van der Waals surface area contributed by atoms with E-state index in [1.54, 1.807) is 4.52 Å². The van der Waals surface area contributed by atoms with E-state index < -0.39 is 0 Å². The molecule has 0 aliphatic carbocycles. The first-order valence-electron chi connectivity index (χ1n) is 14.9. The van der Waals surface area contributed by atoms with E-state index in [0.29, 0.717) is 23.3 Å². The third-order valence-corrected chi connectivity index (χ3v) is 7.87. The number of likely N-dealkylation sites (tertiary alicyclic amines) is 1. The monoisotopic (exact) mass is 540 g/mol. The molecule has 0 bridgehead atoms. The molecule has 1 aliphatic rings. The number of aromatic nitrogens is 3. The van der Waals surface area contributed by atoms with Gasteiger partial charge in [0, 0.05) is 29.6 Å². The van der Waals surface area contributed by atoms with Gasteiger partial charge in [0.1, 0.15) is 0 Å². The molecule has 0 saturated carbocycles. The molecule has 1 amide bonds. The number of amides is 1. The molecule has 2 aromatic heterocycles. The molecule has 212 valence electrons. The van der Waals surface area contributed by atoms with Crippen molar-refractivity contribution in [3.63, 3.8) is 0 Å². The van der Waals surface area contributed by atoms with E-state index in [1.807, 2.05) is 50.4 Å². The Balaban J connectivity index is 0.00000181. The van der Waals surface area contributed by atoms with Crippen LogP contribution in [-0.2, 0) is 0 Å². The summed E-state index contributed by atoms with van der Waals surface area (Å²) in [5.41, 5.74) is 5.80. The highest BCUT2D eigenvalue weighted by molar-refractivity contribution is 5.94. The van der Waals surface area contributed by atoms with E-state index in [4.69, 9.17) is 4.98 Å². The number of hydrogen-bond acceptors (Lipinski definition) is 5. The van der Waals surface area contributed by atoms with Crippen LogP contribution in [-0.4, -0.2) is 51.6 Å². The number of carbonyl (C=O) groups excluding carboxylic acids is 1. The lowest BCUT2D eigenvalue weighted by molar-refractivity contribution is 0.0937. The van der Waals surface area contributed by atoms with Gasteiger partial charge < -0.3 is 15.5 Å². The number of hydrogen-bond donors (Lipinski definition) is 2. The first-order chi connectivity index (χ1) is 19.5. The summed E-state index contributed by atoms with van der Waals surface area (Å²) in [5.74, 6) is 1.60. The van der Waals surface area contributed by atoms with Crippen LogP contribution in [0.15, 0.2) is 66.9 Å². The topological polar surface area (TPSA) is 74.6 Å². The molecule has 7 nitrogen and oxygen atoms in total. The molecule has 40 heavy (non-hydrogen) atoms. The maximum absolute atomic E-state index is 12.7.